The number of tetrazole rings is 1. The highest BCUT2D eigenvalue weighted by molar-refractivity contribution is 7.89. The summed E-state index contributed by atoms with van der Waals surface area (Å²) in [6.45, 7) is 1.12. The fourth-order valence-electron chi connectivity index (χ4n) is 1.34. The van der Waals surface area contributed by atoms with Gasteiger partial charge in [-0.25, -0.2) is 17.8 Å². The first-order valence-corrected chi connectivity index (χ1v) is 6.99. The summed E-state index contributed by atoms with van der Waals surface area (Å²) in [6, 6.07) is 0. The zero-order valence-corrected chi connectivity index (χ0v) is 9.73. The summed E-state index contributed by atoms with van der Waals surface area (Å²) in [5.74, 6) is 0.689. The van der Waals surface area contributed by atoms with Gasteiger partial charge in [0.2, 0.25) is 10.0 Å². The van der Waals surface area contributed by atoms with Crippen molar-refractivity contribution in [3.8, 4) is 0 Å². The summed E-state index contributed by atoms with van der Waals surface area (Å²) in [7, 11) is -3.12. The number of rotatable bonds is 7. The molecule has 90 valence electrons. The van der Waals surface area contributed by atoms with Gasteiger partial charge in [-0.3, -0.25) is 0 Å². The molecule has 0 amide bonds. The van der Waals surface area contributed by atoms with Crippen LogP contribution in [0.25, 0.3) is 0 Å². The summed E-state index contributed by atoms with van der Waals surface area (Å²) in [5, 5.41) is 10.6. The van der Waals surface area contributed by atoms with Gasteiger partial charge in [0.25, 0.3) is 0 Å². The molecule has 2 rings (SSSR count). The third-order valence-corrected chi connectivity index (χ3v) is 3.91. The quantitative estimate of drug-likeness (QED) is 0.692. The molecule has 1 saturated carbocycles. The molecule has 0 aromatic carbocycles. The van der Waals surface area contributed by atoms with E-state index in [9.17, 15) is 8.42 Å². The summed E-state index contributed by atoms with van der Waals surface area (Å²) in [5.41, 5.74) is 0. The molecule has 0 unspecified atom stereocenters. The maximum atomic E-state index is 11.5. The molecular formula is C8H15N5O2S. The second-order valence-electron chi connectivity index (χ2n) is 4.04. The lowest BCUT2D eigenvalue weighted by molar-refractivity contribution is 0.552. The van der Waals surface area contributed by atoms with Crippen molar-refractivity contribution < 1.29 is 8.42 Å². The van der Waals surface area contributed by atoms with E-state index in [1.807, 2.05) is 0 Å². The van der Waals surface area contributed by atoms with Gasteiger partial charge in [-0.2, -0.15) is 0 Å². The van der Waals surface area contributed by atoms with Gasteiger partial charge in [0, 0.05) is 13.1 Å². The molecule has 1 aliphatic carbocycles. The standard InChI is InChI=1S/C8H15N5O2S/c14-16(15,10-6-8-2-3-8)5-1-4-13-7-9-11-12-13/h7-8,10H,1-6H2. The molecular weight excluding hydrogens is 230 g/mol. The van der Waals surface area contributed by atoms with Gasteiger partial charge in [-0.15, -0.1) is 5.10 Å². The predicted octanol–water partition coefficient (Wildman–Crippen LogP) is -0.607. The van der Waals surface area contributed by atoms with Gasteiger partial charge >= 0.3 is 0 Å². The lowest BCUT2D eigenvalue weighted by Crippen LogP contribution is -2.28. The van der Waals surface area contributed by atoms with Gasteiger partial charge in [0.05, 0.1) is 5.75 Å². The number of hydrogen-bond acceptors (Lipinski definition) is 5. The highest BCUT2D eigenvalue weighted by Gasteiger charge is 2.23. The van der Waals surface area contributed by atoms with Crippen molar-refractivity contribution in [2.75, 3.05) is 12.3 Å². The number of sulfonamides is 1. The molecule has 0 bridgehead atoms. The molecule has 0 saturated heterocycles. The Hall–Kier alpha value is -1.02. The highest BCUT2D eigenvalue weighted by atomic mass is 32.2. The van der Waals surface area contributed by atoms with Crippen molar-refractivity contribution in [3.05, 3.63) is 6.33 Å². The van der Waals surface area contributed by atoms with E-state index < -0.39 is 10.0 Å². The van der Waals surface area contributed by atoms with Crippen LogP contribution >= 0.6 is 0 Å². The number of nitrogens with one attached hydrogen (secondary N) is 1. The van der Waals surface area contributed by atoms with Crippen molar-refractivity contribution in [3.63, 3.8) is 0 Å². The highest BCUT2D eigenvalue weighted by Crippen LogP contribution is 2.27. The maximum Gasteiger partial charge on any atom is 0.211 e. The number of aromatic nitrogens is 4. The zero-order valence-electron chi connectivity index (χ0n) is 8.91. The molecule has 1 fully saturated rings. The first-order valence-electron chi connectivity index (χ1n) is 5.34. The van der Waals surface area contributed by atoms with Crippen LogP contribution in [-0.4, -0.2) is 40.9 Å². The van der Waals surface area contributed by atoms with Crippen molar-refractivity contribution in [2.24, 2.45) is 5.92 Å². The Morgan fingerprint density at radius 2 is 2.25 bits per heavy atom. The molecule has 7 nitrogen and oxygen atoms in total. The minimum Gasteiger partial charge on any atom is -0.232 e. The van der Waals surface area contributed by atoms with Gasteiger partial charge in [0.15, 0.2) is 0 Å². The van der Waals surface area contributed by atoms with Crippen LogP contribution < -0.4 is 4.72 Å². The van der Waals surface area contributed by atoms with E-state index >= 15 is 0 Å². The topological polar surface area (TPSA) is 89.8 Å². The molecule has 1 aliphatic rings. The third-order valence-electron chi connectivity index (χ3n) is 2.48. The predicted molar refractivity (Wildman–Crippen MR) is 56.9 cm³/mol. The fourth-order valence-corrected chi connectivity index (χ4v) is 2.48. The first-order chi connectivity index (χ1) is 7.66. The molecule has 1 aromatic rings. The average Bonchev–Trinajstić information content (AvgIpc) is 2.93. The Kier molecular flexibility index (Phi) is 3.49. The third kappa shape index (κ3) is 3.86. The van der Waals surface area contributed by atoms with Crippen LogP contribution in [-0.2, 0) is 16.6 Å². The average molecular weight is 245 g/mol. The SMILES string of the molecule is O=S(=O)(CCCn1cnnn1)NCC1CC1. The monoisotopic (exact) mass is 245 g/mol. The minimum absolute atomic E-state index is 0.125. The fraction of sp³-hybridized carbons (Fsp3) is 0.875. The minimum atomic E-state index is -3.12. The molecule has 1 aromatic heterocycles. The Morgan fingerprint density at radius 3 is 2.88 bits per heavy atom. The van der Waals surface area contributed by atoms with Crippen LogP contribution in [0.5, 0.6) is 0 Å². The van der Waals surface area contributed by atoms with E-state index in [0.29, 0.717) is 25.4 Å². The Morgan fingerprint density at radius 1 is 1.44 bits per heavy atom. The molecule has 16 heavy (non-hydrogen) atoms. The van der Waals surface area contributed by atoms with Crippen LogP contribution in [0, 0.1) is 5.92 Å². The maximum absolute atomic E-state index is 11.5. The molecule has 1 N–H and O–H groups in total. The van der Waals surface area contributed by atoms with Crippen molar-refractivity contribution in [2.45, 2.75) is 25.8 Å². The van der Waals surface area contributed by atoms with Crippen LogP contribution in [0.1, 0.15) is 19.3 Å². The van der Waals surface area contributed by atoms with Gasteiger partial charge in [-0.1, -0.05) is 0 Å². The van der Waals surface area contributed by atoms with Gasteiger partial charge in [0.1, 0.15) is 6.33 Å². The van der Waals surface area contributed by atoms with Crippen molar-refractivity contribution in [1.82, 2.24) is 24.9 Å². The van der Waals surface area contributed by atoms with E-state index in [1.54, 1.807) is 0 Å². The zero-order chi connectivity index (χ0) is 11.4. The lowest BCUT2D eigenvalue weighted by Gasteiger charge is -2.05. The molecule has 0 aliphatic heterocycles. The van der Waals surface area contributed by atoms with E-state index in [0.717, 1.165) is 12.8 Å². The van der Waals surface area contributed by atoms with Crippen LogP contribution in [0.3, 0.4) is 0 Å². The summed E-state index contributed by atoms with van der Waals surface area (Å²) in [6.07, 6.45) is 4.29. The normalized spacial score (nSPS) is 16.5. The van der Waals surface area contributed by atoms with Crippen LogP contribution in [0.15, 0.2) is 6.33 Å². The van der Waals surface area contributed by atoms with E-state index in [2.05, 4.69) is 20.2 Å². The number of nitrogens with zero attached hydrogens (tertiary/aromatic N) is 4. The van der Waals surface area contributed by atoms with Crippen LogP contribution in [0.4, 0.5) is 0 Å². The molecule has 0 spiro atoms. The van der Waals surface area contributed by atoms with Gasteiger partial charge in [-0.05, 0) is 35.6 Å². The largest absolute Gasteiger partial charge is 0.232 e. The van der Waals surface area contributed by atoms with Crippen LogP contribution in [0.2, 0.25) is 0 Å². The Labute approximate surface area is 94.3 Å². The summed E-state index contributed by atoms with van der Waals surface area (Å²) in [4.78, 5) is 0. The number of aryl methyl sites for hydroxylation is 1. The smallest absolute Gasteiger partial charge is 0.211 e. The van der Waals surface area contributed by atoms with E-state index in [4.69, 9.17) is 0 Å². The Bertz CT molecular complexity index is 412. The molecule has 0 radical (unpaired) electrons. The molecule has 1 heterocycles. The Balaban J connectivity index is 1.67. The summed E-state index contributed by atoms with van der Waals surface area (Å²) < 4.78 is 27.2. The lowest BCUT2D eigenvalue weighted by atomic mass is 10.4. The first kappa shape index (κ1) is 11.5. The second-order valence-corrected chi connectivity index (χ2v) is 5.96. The molecule has 0 atom stereocenters. The van der Waals surface area contributed by atoms with Crippen molar-refractivity contribution >= 4 is 10.0 Å². The second kappa shape index (κ2) is 4.88. The number of hydrogen-bond donors (Lipinski definition) is 1. The summed E-state index contributed by atoms with van der Waals surface area (Å²) >= 11 is 0. The van der Waals surface area contributed by atoms with Gasteiger partial charge < -0.3 is 0 Å². The van der Waals surface area contributed by atoms with E-state index in [1.165, 1.54) is 11.0 Å². The van der Waals surface area contributed by atoms with Crippen molar-refractivity contribution in [1.29, 1.82) is 0 Å². The van der Waals surface area contributed by atoms with E-state index in [-0.39, 0.29) is 5.75 Å². The molecule has 8 heteroatoms.